The molecule has 0 spiro atoms. The topological polar surface area (TPSA) is 77.4 Å². The van der Waals surface area contributed by atoms with Gasteiger partial charge in [0.15, 0.2) is 12.4 Å². The van der Waals surface area contributed by atoms with Gasteiger partial charge in [0, 0.05) is 24.5 Å². The first kappa shape index (κ1) is 18.4. The summed E-state index contributed by atoms with van der Waals surface area (Å²) in [6.45, 7) is 6.84. The molecule has 132 valence electrons. The third-order valence-corrected chi connectivity index (χ3v) is 3.90. The number of Topliss-reactive ketones (excluding diaryl/α,β-unsaturated/α-hetero) is 1. The van der Waals surface area contributed by atoms with Crippen LogP contribution in [0.15, 0.2) is 24.4 Å². The van der Waals surface area contributed by atoms with E-state index in [-0.39, 0.29) is 11.5 Å². The second-order valence-corrected chi connectivity index (χ2v) is 6.18. The first-order chi connectivity index (χ1) is 11.7. The number of anilines is 1. The van der Waals surface area contributed by atoms with E-state index in [2.05, 4.69) is 5.32 Å². The summed E-state index contributed by atoms with van der Waals surface area (Å²) in [5, 5.41) is 2.77. The number of esters is 1. The predicted octanol–water partition coefficient (Wildman–Crippen LogP) is 2.95. The van der Waals surface area contributed by atoms with Gasteiger partial charge in [0.25, 0.3) is 5.91 Å². The number of rotatable bonds is 5. The maximum atomic E-state index is 12.1. The smallest absolute Gasteiger partial charge is 0.355 e. The highest BCUT2D eigenvalue weighted by molar-refractivity contribution is 5.99. The zero-order valence-corrected chi connectivity index (χ0v) is 15.1. The number of nitrogens with one attached hydrogen (secondary N) is 1. The standard InChI is InChI=1S/C19H22N2O4/c1-11-6-12(2)18(13(3)7-11)20-17(23)10-25-19(24)16-8-15(14(4)22)9-21(16)5/h6-9H,10H2,1-5H3,(H,20,23). The molecule has 0 atom stereocenters. The van der Waals surface area contributed by atoms with Gasteiger partial charge in [-0.05, 0) is 44.9 Å². The highest BCUT2D eigenvalue weighted by atomic mass is 16.5. The van der Waals surface area contributed by atoms with E-state index in [1.807, 2.05) is 32.9 Å². The van der Waals surface area contributed by atoms with Crippen molar-refractivity contribution in [3.63, 3.8) is 0 Å². The first-order valence-electron chi connectivity index (χ1n) is 7.91. The summed E-state index contributed by atoms with van der Waals surface area (Å²) in [6.07, 6.45) is 1.55. The molecule has 0 fully saturated rings. The van der Waals surface area contributed by atoms with Crippen LogP contribution in [0.4, 0.5) is 5.69 Å². The van der Waals surface area contributed by atoms with Crippen LogP contribution in [0.3, 0.4) is 0 Å². The molecule has 0 saturated heterocycles. The minimum Gasteiger partial charge on any atom is -0.451 e. The van der Waals surface area contributed by atoms with Gasteiger partial charge in [-0.15, -0.1) is 0 Å². The van der Waals surface area contributed by atoms with Crippen LogP contribution < -0.4 is 5.32 Å². The number of aromatic nitrogens is 1. The molecule has 1 heterocycles. The van der Waals surface area contributed by atoms with Crippen LogP contribution in [0.5, 0.6) is 0 Å². The molecular formula is C19H22N2O4. The van der Waals surface area contributed by atoms with Gasteiger partial charge in [-0.2, -0.15) is 0 Å². The Hall–Kier alpha value is -2.89. The quantitative estimate of drug-likeness (QED) is 0.669. The van der Waals surface area contributed by atoms with Crippen molar-refractivity contribution in [2.75, 3.05) is 11.9 Å². The van der Waals surface area contributed by atoms with E-state index in [4.69, 9.17) is 4.74 Å². The molecule has 6 heteroatoms. The molecule has 1 aromatic heterocycles. The molecule has 0 aliphatic heterocycles. The number of ether oxygens (including phenoxy) is 1. The van der Waals surface area contributed by atoms with Gasteiger partial charge in [-0.3, -0.25) is 9.59 Å². The van der Waals surface area contributed by atoms with Crippen LogP contribution in [0.1, 0.15) is 44.5 Å². The molecule has 25 heavy (non-hydrogen) atoms. The lowest BCUT2D eigenvalue weighted by Gasteiger charge is -2.13. The third-order valence-electron chi connectivity index (χ3n) is 3.90. The first-order valence-corrected chi connectivity index (χ1v) is 7.91. The molecule has 1 aromatic carbocycles. The fourth-order valence-electron chi connectivity index (χ4n) is 2.72. The lowest BCUT2D eigenvalue weighted by atomic mass is 10.1. The van der Waals surface area contributed by atoms with Gasteiger partial charge in [-0.25, -0.2) is 4.79 Å². The van der Waals surface area contributed by atoms with Crippen molar-refractivity contribution in [2.24, 2.45) is 7.05 Å². The number of ketones is 1. The molecule has 0 bridgehead atoms. The zero-order valence-electron chi connectivity index (χ0n) is 15.1. The van der Waals surface area contributed by atoms with E-state index < -0.39 is 18.5 Å². The molecule has 1 amide bonds. The average Bonchev–Trinajstić information content (AvgIpc) is 2.90. The molecule has 2 aromatic rings. The summed E-state index contributed by atoms with van der Waals surface area (Å²) in [5.74, 6) is -1.20. The molecule has 2 rings (SSSR count). The molecule has 0 aliphatic rings. The van der Waals surface area contributed by atoms with E-state index in [0.717, 1.165) is 22.4 Å². The molecule has 0 radical (unpaired) electrons. The van der Waals surface area contributed by atoms with Crippen molar-refractivity contribution in [3.8, 4) is 0 Å². The Morgan fingerprint density at radius 3 is 2.20 bits per heavy atom. The molecule has 0 unspecified atom stereocenters. The van der Waals surface area contributed by atoms with E-state index in [0.29, 0.717) is 5.56 Å². The summed E-state index contributed by atoms with van der Waals surface area (Å²) in [6, 6.07) is 5.40. The van der Waals surface area contributed by atoms with Crippen LogP contribution in [-0.2, 0) is 16.6 Å². The number of nitrogens with zero attached hydrogens (tertiary/aromatic N) is 1. The predicted molar refractivity (Wildman–Crippen MR) is 95.0 cm³/mol. The van der Waals surface area contributed by atoms with E-state index in [1.54, 1.807) is 13.2 Å². The van der Waals surface area contributed by atoms with E-state index in [1.165, 1.54) is 17.6 Å². The Balaban J connectivity index is 2.01. The van der Waals surface area contributed by atoms with Crippen molar-refractivity contribution in [1.29, 1.82) is 0 Å². The Kier molecular flexibility index (Phi) is 5.41. The van der Waals surface area contributed by atoms with Crippen molar-refractivity contribution in [3.05, 3.63) is 52.3 Å². The Bertz CT molecular complexity index is 826. The Labute approximate surface area is 146 Å². The lowest BCUT2D eigenvalue weighted by molar-refractivity contribution is -0.119. The van der Waals surface area contributed by atoms with Crippen molar-refractivity contribution in [1.82, 2.24) is 4.57 Å². The number of carbonyl (C=O) groups is 3. The zero-order chi connectivity index (χ0) is 18.7. The summed E-state index contributed by atoms with van der Waals surface area (Å²) >= 11 is 0. The van der Waals surface area contributed by atoms with Gasteiger partial charge < -0.3 is 14.6 Å². The summed E-state index contributed by atoms with van der Waals surface area (Å²) in [5.41, 5.74) is 4.38. The molecular weight excluding hydrogens is 320 g/mol. The molecule has 0 saturated carbocycles. The summed E-state index contributed by atoms with van der Waals surface area (Å²) in [4.78, 5) is 35.6. The van der Waals surface area contributed by atoms with E-state index >= 15 is 0 Å². The van der Waals surface area contributed by atoms with Crippen LogP contribution in [0.2, 0.25) is 0 Å². The van der Waals surface area contributed by atoms with E-state index in [9.17, 15) is 14.4 Å². The molecule has 1 N–H and O–H groups in total. The molecule has 0 aliphatic carbocycles. The average molecular weight is 342 g/mol. The normalized spacial score (nSPS) is 10.4. The van der Waals surface area contributed by atoms with Gasteiger partial charge >= 0.3 is 5.97 Å². The van der Waals surface area contributed by atoms with Crippen LogP contribution in [-0.4, -0.2) is 28.8 Å². The van der Waals surface area contributed by atoms with Crippen molar-refractivity contribution in [2.45, 2.75) is 27.7 Å². The van der Waals surface area contributed by atoms with Gasteiger partial charge in [0.1, 0.15) is 5.69 Å². The number of amides is 1. The second kappa shape index (κ2) is 7.34. The lowest BCUT2D eigenvalue weighted by Crippen LogP contribution is -2.22. The maximum absolute atomic E-state index is 12.1. The van der Waals surface area contributed by atoms with Crippen LogP contribution in [0, 0.1) is 20.8 Å². The van der Waals surface area contributed by atoms with Gasteiger partial charge in [0.05, 0.1) is 0 Å². The number of benzene rings is 1. The minimum atomic E-state index is -0.650. The maximum Gasteiger partial charge on any atom is 0.355 e. The van der Waals surface area contributed by atoms with Crippen molar-refractivity contribution < 1.29 is 19.1 Å². The van der Waals surface area contributed by atoms with Gasteiger partial charge in [0.2, 0.25) is 0 Å². The second-order valence-electron chi connectivity index (χ2n) is 6.18. The number of carbonyl (C=O) groups excluding carboxylic acids is 3. The van der Waals surface area contributed by atoms with Gasteiger partial charge in [-0.1, -0.05) is 17.7 Å². The summed E-state index contributed by atoms with van der Waals surface area (Å²) < 4.78 is 6.56. The van der Waals surface area contributed by atoms with Crippen molar-refractivity contribution >= 4 is 23.3 Å². The highest BCUT2D eigenvalue weighted by Gasteiger charge is 2.17. The third kappa shape index (κ3) is 4.35. The van der Waals surface area contributed by atoms with Crippen LogP contribution in [0.25, 0.3) is 0 Å². The minimum absolute atomic E-state index is 0.141. The fraction of sp³-hybridized carbons (Fsp3) is 0.316. The number of aryl methyl sites for hydroxylation is 4. The SMILES string of the molecule is CC(=O)c1cc(C(=O)OCC(=O)Nc2c(C)cc(C)cc2C)n(C)c1. The number of hydrogen-bond donors (Lipinski definition) is 1. The van der Waals surface area contributed by atoms with Crippen LogP contribution >= 0.6 is 0 Å². The molecule has 6 nitrogen and oxygen atoms in total. The Morgan fingerprint density at radius 1 is 1.08 bits per heavy atom. The highest BCUT2D eigenvalue weighted by Crippen LogP contribution is 2.21. The fourth-order valence-corrected chi connectivity index (χ4v) is 2.72. The number of hydrogen-bond acceptors (Lipinski definition) is 4. The summed E-state index contributed by atoms with van der Waals surface area (Å²) in [7, 11) is 1.64. The largest absolute Gasteiger partial charge is 0.451 e. The Morgan fingerprint density at radius 2 is 1.68 bits per heavy atom. The monoisotopic (exact) mass is 342 g/mol.